The molecule has 2 aromatic rings. The molecule has 2 unspecified atom stereocenters. The van der Waals surface area contributed by atoms with Crippen LogP contribution in [-0.4, -0.2) is 38.6 Å². The average molecular weight is 431 g/mol. The van der Waals surface area contributed by atoms with Gasteiger partial charge in [0.1, 0.15) is 5.25 Å². The van der Waals surface area contributed by atoms with Crippen molar-refractivity contribution in [3.63, 3.8) is 0 Å². The fraction of sp³-hybridized carbons (Fsp3) is 0.364. The van der Waals surface area contributed by atoms with Crippen LogP contribution < -0.4 is 0 Å². The van der Waals surface area contributed by atoms with E-state index in [0.717, 1.165) is 18.0 Å². The van der Waals surface area contributed by atoms with Crippen LogP contribution in [0.25, 0.3) is 0 Å². The van der Waals surface area contributed by atoms with E-state index in [2.05, 4.69) is 58.0 Å². The van der Waals surface area contributed by atoms with Gasteiger partial charge in [0.05, 0.1) is 5.25 Å². The van der Waals surface area contributed by atoms with Crippen molar-refractivity contribution in [1.82, 2.24) is 10.0 Å². The van der Waals surface area contributed by atoms with Crippen molar-refractivity contribution in [1.29, 1.82) is 0 Å². The summed E-state index contributed by atoms with van der Waals surface area (Å²) >= 11 is 8.88. The van der Waals surface area contributed by atoms with E-state index in [1.807, 2.05) is 23.2 Å². The van der Waals surface area contributed by atoms with Gasteiger partial charge in [0, 0.05) is 18.0 Å². The summed E-state index contributed by atoms with van der Waals surface area (Å²) in [6.45, 7) is 9.86. The molecule has 1 aliphatic heterocycles. The maximum absolute atomic E-state index is 13.4. The minimum absolute atomic E-state index is 0.000915. The molecule has 6 heteroatoms. The van der Waals surface area contributed by atoms with Crippen LogP contribution in [0, 0.1) is 13.8 Å². The first-order chi connectivity index (χ1) is 13.5. The van der Waals surface area contributed by atoms with E-state index in [-0.39, 0.29) is 16.4 Å². The predicted octanol–water partition coefficient (Wildman–Crippen LogP) is 5.62. The Kier molecular flexibility index (Phi) is 7.20. The largest absolute Gasteiger partial charge is 0.272 e. The van der Waals surface area contributed by atoms with E-state index in [9.17, 15) is 4.79 Å². The van der Waals surface area contributed by atoms with Crippen molar-refractivity contribution in [2.24, 2.45) is 0 Å². The standard InChI is InChI=1S/C22H26N2OS3/c1-5-23(6-2)24-21(25)20(28-22(24)26)19(27-17-10-8-7-9-11-17)18-13-12-15(3)14-16(18)4/h7-14,19-20H,5-6H2,1-4H3. The maximum Gasteiger partial charge on any atom is 0.257 e. The molecule has 1 heterocycles. The minimum atomic E-state index is -0.236. The van der Waals surface area contributed by atoms with Crippen LogP contribution in [0.3, 0.4) is 0 Å². The molecule has 1 saturated heterocycles. The fourth-order valence-corrected chi connectivity index (χ4v) is 6.53. The number of hydrazine groups is 1. The van der Waals surface area contributed by atoms with Gasteiger partial charge in [-0.05, 0) is 37.1 Å². The molecule has 2 aromatic carbocycles. The number of rotatable bonds is 7. The Morgan fingerprint density at radius 1 is 1.14 bits per heavy atom. The lowest BCUT2D eigenvalue weighted by Gasteiger charge is -2.29. The molecular weight excluding hydrogens is 404 g/mol. The SMILES string of the molecule is CCN(CC)N1C(=O)C(C(Sc2ccccc2)c2ccc(C)cc2C)SC1=S. The van der Waals surface area contributed by atoms with E-state index in [1.54, 1.807) is 16.8 Å². The number of aryl methyl sites for hydroxylation is 2. The number of hydrogen-bond acceptors (Lipinski definition) is 5. The van der Waals surface area contributed by atoms with E-state index >= 15 is 0 Å². The number of hydrogen-bond donors (Lipinski definition) is 0. The second kappa shape index (κ2) is 9.44. The summed E-state index contributed by atoms with van der Waals surface area (Å²) in [6.07, 6.45) is 0. The van der Waals surface area contributed by atoms with Gasteiger partial charge in [0.25, 0.3) is 5.91 Å². The molecule has 0 aromatic heterocycles. The van der Waals surface area contributed by atoms with Gasteiger partial charge >= 0.3 is 0 Å². The molecular formula is C22H26N2OS3. The number of carbonyl (C=O) groups is 1. The molecule has 0 spiro atoms. The monoisotopic (exact) mass is 430 g/mol. The second-order valence-electron chi connectivity index (χ2n) is 6.80. The van der Waals surface area contributed by atoms with Crippen LogP contribution in [0.5, 0.6) is 0 Å². The van der Waals surface area contributed by atoms with Gasteiger partial charge in [-0.25, -0.2) is 10.0 Å². The van der Waals surface area contributed by atoms with Crippen molar-refractivity contribution in [3.8, 4) is 0 Å². The number of amides is 1. The Bertz CT molecular complexity index is 852. The third kappa shape index (κ3) is 4.46. The highest BCUT2D eigenvalue weighted by molar-refractivity contribution is 8.24. The normalized spacial score (nSPS) is 18.2. The maximum atomic E-state index is 13.4. The molecule has 3 rings (SSSR count). The lowest BCUT2D eigenvalue weighted by molar-refractivity contribution is -0.137. The van der Waals surface area contributed by atoms with Crippen LogP contribution in [0.1, 0.15) is 35.8 Å². The zero-order chi connectivity index (χ0) is 20.3. The molecule has 1 aliphatic rings. The van der Waals surface area contributed by atoms with E-state index in [1.165, 1.54) is 28.5 Å². The topological polar surface area (TPSA) is 23.6 Å². The molecule has 1 amide bonds. The zero-order valence-corrected chi connectivity index (χ0v) is 19.2. The summed E-state index contributed by atoms with van der Waals surface area (Å²) < 4.78 is 0.655. The molecule has 148 valence electrons. The van der Waals surface area contributed by atoms with Crippen molar-refractivity contribution in [3.05, 3.63) is 65.2 Å². The van der Waals surface area contributed by atoms with Crippen LogP contribution >= 0.6 is 35.7 Å². The summed E-state index contributed by atoms with van der Waals surface area (Å²) in [5.41, 5.74) is 3.65. The van der Waals surface area contributed by atoms with E-state index < -0.39 is 0 Å². The highest BCUT2D eigenvalue weighted by Crippen LogP contribution is 2.47. The summed E-state index contributed by atoms with van der Waals surface area (Å²) in [5, 5.41) is 3.50. The third-order valence-corrected chi connectivity index (χ3v) is 7.94. The molecule has 0 saturated carbocycles. The highest BCUT2D eigenvalue weighted by Gasteiger charge is 2.45. The molecule has 0 N–H and O–H groups in total. The van der Waals surface area contributed by atoms with Crippen LogP contribution in [0.2, 0.25) is 0 Å². The molecule has 28 heavy (non-hydrogen) atoms. The lowest BCUT2D eigenvalue weighted by Crippen LogP contribution is -2.46. The minimum Gasteiger partial charge on any atom is -0.272 e. The number of benzene rings is 2. The Hall–Kier alpha value is -1.34. The number of thiocarbonyl (C=S) groups is 1. The Morgan fingerprint density at radius 3 is 2.43 bits per heavy atom. The molecule has 1 fully saturated rings. The average Bonchev–Trinajstić information content (AvgIpc) is 2.97. The lowest BCUT2D eigenvalue weighted by atomic mass is 10.0. The predicted molar refractivity (Wildman–Crippen MR) is 125 cm³/mol. The van der Waals surface area contributed by atoms with Gasteiger partial charge in [-0.2, -0.15) is 0 Å². The van der Waals surface area contributed by atoms with Gasteiger partial charge in [0.15, 0.2) is 4.32 Å². The highest BCUT2D eigenvalue weighted by atomic mass is 32.2. The number of carbonyl (C=O) groups excluding carboxylic acids is 1. The smallest absolute Gasteiger partial charge is 0.257 e. The van der Waals surface area contributed by atoms with Gasteiger partial charge in [0.2, 0.25) is 0 Å². The number of thioether (sulfide) groups is 2. The van der Waals surface area contributed by atoms with Gasteiger partial charge in [-0.3, -0.25) is 4.79 Å². The fourth-order valence-electron chi connectivity index (χ4n) is 3.45. The molecule has 0 aliphatic carbocycles. The molecule has 0 bridgehead atoms. The second-order valence-corrected chi connectivity index (χ2v) is 9.80. The van der Waals surface area contributed by atoms with Crippen molar-refractivity contribution in [2.75, 3.05) is 13.1 Å². The molecule has 2 atom stereocenters. The van der Waals surface area contributed by atoms with Crippen molar-refractivity contribution in [2.45, 2.75) is 43.1 Å². The first-order valence-corrected chi connectivity index (χ1v) is 11.7. The van der Waals surface area contributed by atoms with Crippen LogP contribution in [0.4, 0.5) is 0 Å². The van der Waals surface area contributed by atoms with Gasteiger partial charge in [-0.15, -0.1) is 11.8 Å². The third-order valence-electron chi connectivity index (χ3n) is 4.88. The number of nitrogens with zero attached hydrogens (tertiary/aromatic N) is 2. The van der Waals surface area contributed by atoms with Gasteiger partial charge < -0.3 is 0 Å². The molecule has 0 radical (unpaired) electrons. The van der Waals surface area contributed by atoms with Crippen LogP contribution in [0.15, 0.2) is 53.4 Å². The first-order valence-electron chi connectivity index (χ1n) is 9.54. The Morgan fingerprint density at radius 2 is 1.82 bits per heavy atom. The van der Waals surface area contributed by atoms with E-state index in [4.69, 9.17) is 12.2 Å². The summed E-state index contributed by atoms with van der Waals surface area (Å²) in [4.78, 5) is 14.6. The summed E-state index contributed by atoms with van der Waals surface area (Å²) in [6, 6.07) is 16.8. The van der Waals surface area contributed by atoms with E-state index in [0.29, 0.717) is 4.32 Å². The van der Waals surface area contributed by atoms with Crippen molar-refractivity contribution >= 4 is 46.0 Å². The Balaban J connectivity index is 1.99. The quantitative estimate of drug-likeness (QED) is 0.419. The Labute approximate surface area is 181 Å². The first kappa shape index (κ1) is 21.4. The summed E-state index contributed by atoms with van der Waals surface area (Å²) in [5.74, 6) is 0.0899. The van der Waals surface area contributed by atoms with Gasteiger partial charge in [-0.1, -0.05) is 79.8 Å². The van der Waals surface area contributed by atoms with Crippen molar-refractivity contribution < 1.29 is 4.79 Å². The summed E-state index contributed by atoms with van der Waals surface area (Å²) in [7, 11) is 0. The van der Waals surface area contributed by atoms with Crippen LogP contribution in [-0.2, 0) is 4.79 Å². The zero-order valence-electron chi connectivity index (χ0n) is 16.7. The molecule has 3 nitrogen and oxygen atoms in total.